The number of nitrogens with one attached hydrogen (secondary N) is 2. The maximum absolute atomic E-state index is 11.7. The number of amides is 1. The average molecular weight is 353 g/mol. The number of sulfonamides is 1. The van der Waals surface area contributed by atoms with Crippen molar-refractivity contribution in [3.63, 3.8) is 0 Å². The fourth-order valence-corrected chi connectivity index (χ4v) is 3.70. The highest BCUT2D eigenvalue weighted by Crippen LogP contribution is 2.16. The fraction of sp³-hybridized carbons (Fsp3) is 0.636. The summed E-state index contributed by atoms with van der Waals surface area (Å²) in [5.41, 5.74) is 0.539. The molecule has 0 unspecified atom stereocenters. The van der Waals surface area contributed by atoms with Crippen LogP contribution in [0.5, 0.6) is 0 Å². The van der Waals surface area contributed by atoms with E-state index in [2.05, 4.69) is 15.0 Å². The number of hydrogen-bond acceptors (Lipinski definition) is 7. The summed E-state index contributed by atoms with van der Waals surface area (Å²) in [5, 5.41) is 13.3. The molecule has 0 aromatic carbocycles. The summed E-state index contributed by atoms with van der Waals surface area (Å²) >= 11 is 2.82. The number of thioether (sulfide) groups is 1. The minimum Gasteiger partial charge on any atom is -0.396 e. The smallest absolute Gasteiger partial charge is 0.231 e. The van der Waals surface area contributed by atoms with Crippen molar-refractivity contribution in [2.75, 3.05) is 35.6 Å². The predicted molar refractivity (Wildman–Crippen MR) is 86.3 cm³/mol. The largest absolute Gasteiger partial charge is 0.396 e. The van der Waals surface area contributed by atoms with Crippen molar-refractivity contribution in [1.29, 1.82) is 0 Å². The van der Waals surface area contributed by atoms with Crippen LogP contribution in [0.15, 0.2) is 5.38 Å². The Bertz CT molecular complexity index is 545. The van der Waals surface area contributed by atoms with E-state index < -0.39 is 10.0 Å². The summed E-state index contributed by atoms with van der Waals surface area (Å²) in [6, 6.07) is 0. The molecule has 3 N–H and O–H groups in total. The Morgan fingerprint density at radius 2 is 2.24 bits per heavy atom. The molecular weight excluding hydrogens is 334 g/mol. The zero-order valence-corrected chi connectivity index (χ0v) is 14.1. The monoisotopic (exact) mass is 353 g/mol. The Hall–Kier alpha value is -0.840. The van der Waals surface area contributed by atoms with Gasteiger partial charge in [-0.2, -0.15) is 11.8 Å². The normalized spacial score (nSPS) is 11.3. The van der Waals surface area contributed by atoms with E-state index in [-0.39, 0.29) is 24.1 Å². The molecule has 21 heavy (non-hydrogen) atoms. The third-order valence-electron chi connectivity index (χ3n) is 2.18. The number of carbonyl (C=O) groups excluding carboxylic acids is 1. The van der Waals surface area contributed by atoms with Crippen molar-refractivity contribution in [2.45, 2.75) is 12.8 Å². The first-order valence-electron chi connectivity index (χ1n) is 6.28. The fourth-order valence-electron chi connectivity index (χ4n) is 1.35. The number of anilines is 1. The van der Waals surface area contributed by atoms with Crippen LogP contribution in [0.4, 0.5) is 5.13 Å². The molecule has 1 heterocycles. The van der Waals surface area contributed by atoms with Gasteiger partial charge in [0.1, 0.15) is 0 Å². The zero-order chi connectivity index (χ0) is 15.7. The first-order valence-corrected chi connectivity index (χ1v) is 10.2. The van der Waals surface area contributed by atoms with E-state index in [1.165, 1.54) is 0 Å². The summed E-state index contributed by atoms with van der Waals surface area (Å²) in [7, 11) is -3.34. The van der Waals surface area contributed by atoms with Crippen molar-refractivity contribution >= 4 is 44.2 Å². The molecule has 1 aromatic rings. The quantitative estimate of drug-likeness (QED) is 0.522. The minimum absolute atomic E-state index is 0.128. The molecule has 1 aromatic heterocycles. The van der Waals surface area contributed by atoms with Gasteiger partial charge >= 0.3 is 0 Å². The zero-order valence-electron chi connectivity index (χ0n) is 11.7. The Balaban J connectivity index is 2.25. The summed E-state index contributed by atoms with van der Waals surface area (Å²) in [6.45, 7) is 0.751. The highest BCUT2D eigenvalue weighted by Gasteiger charge is 2.09. The van der Waals surface area contributed by atoms with Gasteiger partial charge in [0, 0.05) is 24.3 Å². The number of rotatable bonds is 10. The minimum atomic E-state index is -3.34. The van der Waals surface area contributed by atoms with E-state index in [0.717, 1.165) is 35.5 Å². The Labute approximate surface area is 132 Å². The summed E-state index contributed by atoms with van der Waals surface area (Å²) in [5.74, 6) is 1.52. The third-order valence-corrected chi connectivity index (χ3v) is 4.75. The second-order valence-electron chi connectivity index (χ2n) is 4.23. The van der Waals surface area contributed by atoms with E-state index in [0.29, 0.717) is 12.2 Å². The maximum Gasteiger partial charge on any atom is 0.231 e. The van der Waals surface area contributed by atoms with Crippen LogP contribution in [0.2, 0.25) is 0 Å². The SMILES string of the molecule is CS(=O)(=O)Nc1nc(CC(=O)NCCSCCCO)cs1. The van der Waals surface area contributed by atoms with Crippen molar-refractivity contribution < 1.29 is 18.3 Å². The molecule has 0 aliphatic heterocycles. The van der Waals surface area contributed by atoms with Crippen LogP contribution < -0.4 is 10.0 Å². The molecule has 0 fully saturated rings. The summed E-state index contributed by atoms with van der Waals surface area (Å²) in [6.07, 6.45) is 1.94. The number of aromatic nitrogens is 1. The Kier molecular flexibility index (Phi) is 8.01. The molecule has 0 saturated heterocycles. The van der Waals surface area contributed by atoms with Gasteiger partial charge < -0.3 is 10.4 Å². The van der Waals surface area contributed by atoms with Crippen LogP contribution in [-0.2, 0) is 21.2 Å². The standard InChI is InChI=1S/C11H19N3O4S3/c1-21(17,18)14-11-13-9(8-20-11)7-10(16)12-3-6-19-5-2-4-15/h8,15H,2-7H2,1H3,(H,12,16)(H,13,14). The van der Waals surface area contributed by atoms with Gasteiger partial charge in [-0.15, -0.1) is 11.3 Å². The van der Waals surface area contributed by atoms with Crippen LogP contribution in [-0.4, -0.2) is 55.3 Å². The molecule has 0 aliphatic carbocycles. The Morgan fingerprint density at radius 3 is 2.90 bits per heavy atom. The molecular formula is C11H19N3O4S3. The lowest BCUT2D eigenvalue weighted by molar-refractivity contribution is -0.120. The van der Waals surface area contributed by atoms with E-state index in [1.54, 1.807) is 17.1 Å². The summed E-state index contributed by atoms with van der Waals surface area (Å²) < 4.78 is 24.4. The second-order valence-corrected chi connectivity index (χ2v) is 8.07. The van der Waals surface area contributed by atoms with Crippen LogP contribution in [0, 0.1) is 0 Å². The molecule has 7 nitrogen and oxygen atoms in total. The lowest BCUT2D eigenvalue weighted by Gasteiger charge is -2.03. The molecule has 0 radical (unpaired) electrons. The lowest BCUT2D eigenvalue weighted by Crippen LogP contribution is -2.27. The number of hydrogen-bond donors (Lipinski definition) is 3. The molecule has 0 spiro atoms. The van der Waals surface area contributed by atoms with Gasteiger partial charge in [0.2, 0.25) is 15.9 Å². The molecule has 0 saturated carbocycles. The first-order chi connectivity index (χ1) is 9.90. The van der Waals surface area contributed by atoms with Gasteiger partial charge in [0.05, 0.1) is 18.4 Å². The van der Waals surface area contributed by atoms with Crippen molar-refractivity contribution in [3.05, 3.63) is 11.1 Å². The van der Waals surface area contributed by atoms with Gasteiger partial charge in [-0.05, 0) is 12.2 Å². The number of carbonyl (C=O) groups is 1. The van der Waals surface area contributed by atoms with Crippen molar-refractivity contribution in [3.8, 4) is 0 Å². The molecule has 1 rings (SSSR count). The number of nitrogens with zero attached hydrogens (tertiary/aromatic N) is 1. The third kappa shape index (κ3) is 8.91. The topological polar surface area (TPSA) is 108 Å². The van der Waals surface area contributed by atoms with Crippen molar-refractivity contribution in [2.24, 2.45) is 0 Å². The van der Waals surface area contributed by atoms with Gasteiger partial charge in [0.15, 0.2) is 5.13 Å². The lowest BCUT2D eigenvalue weighted by atomic mass is 10.3. The highest BCUT2D eigenvalue weighted by atomic mass is 32.2. The van der Waals surface area contributed by atoms with Gasteiger partial charge in [-0.25, -0.2) is 13.4 Å². The summed E-state index contributed by atoms with van der Waals surface area (Å²) in [4.78, 5) is 15.7. The Morgan fingerprint density at radius 1 is 1.48 bits per heavy atom. The van der Waals surface area contributed by atoms with E-state index in [4.69, 9.17) is 5.11 Å². The second kappa shape index (κ2) is 9.23. The van der Waals surface area contributed by atoms with E-state index in [1.807, 2.05) is 0 Å². The van der Waals surface area contributed by atoms with Crippen molar-refractivity contribution in [1.82, 2.24) is 10.3 Å². The van der Waals surface area contributed by atoms with Crippen LogP contribution in [0.25, 0.3) is 0 Å². The van der Waals surface area contributed by atoms with Crippen LogP contribution >= 0.6 is 23.1 Å². The van der Waals surface area contributed by atoms with Gasteiger partial charge in [-0.3, -0.25) is 9.52 Å². The number of aliphatic hydroxyl groups is 1. The van der Waals surface area contributed by atoms with E-state index >= 15 is 0 Å². The predicted octanol–water partition coefficient (Wildman–Crippen LogP) is 0.289. The first kappa shape index (κ1) is 18.2. The molecule has 120 valence electrons. The molecule has 0 bridgehead atoms. The number of thiazole rings is 1. The van der Waals surface area contributed by atoms with Crippen LogP contribution in [0.3, 0.4) is 0 Å². The van der Waals surface area contributed by atoms with Gasteiger partial charge in [0.25, 0.3) is 0 Å². The number of aliphatic hydroxyl groups excluding tert-OH is 1. The van der Waals surface area contributed by atoms with E-state index in [9.17, 15) is 13.2 Å². The average Bonchev–Trinajstić information content (AvgIpc) is 2.78. The highest BCUT2D eigenvalue weighted by molar-refractivity contribution is 7.99. The molecule has 0 atom stereocenters. The molecule has 10 heteroatoms. The molecule has 1 amide bonds. The maximum atomic E-state index is 11.7. The molecule has 0 aliphatic rings. The van der Waals surface area contributed by atoms with Gasteiger partial charge in [-0.1, -0.05) is 0 Å². The van der Waals surface area contributed by atoms with Crippen LogP contribution in [0.1, 0.15) is 12.1 Å².